The van der Waals surface area contributed by atoms with Gasteiger partial charge in [0.15, 0.2) is 0 Å². The molecule has 0 aliphatic carbocycles. The fourth-order valence-electron chi connectivity index (χ4n) is 2.42. The molecule has 0 saturated carbocycles. The Balaban J connectivity index is 1.84. The molecule has 3 rings (SSSR count). The number of amides is 1. The van der Waals surface area contributed by atoms with Crippen molar-refractivity contribution in [2.24, 2.45) is 0 Å². The van der Waals surface area contributed by atoms with E-state index >= 15 is 0 Å². The number of nitrogens with one attached hydrogen (secondary N) is 2. The normalized spacial score (nSPS) is 12.7. The van der Waals surface area contributed by atoms with Crippen LogP contribution in [0, 0.1) is 6.92 Å². The Morgan fingerprint density at radius 1 is 1.25 bits per heavy atom. The van der Waals surface area contributed by atoms with Crippen LogP contribution in [0.5, 0.6) is 0 Å². The number of carbonyl (C=O) groups excluding carboxylic acids is 1. The molecule has 20 heavy (non-hydrogen) atoms. The summed E-state index contributed by atoms with van der Waals surface area (Å²) in [6.07, 6.45) is 1.01. The first kappa shape index (κ1) is 13.2. The summed E-state index contributed by atoms with van der Waals surface area (Å²) in [6, 6.07) is 11.7. The number of rotatable bonds is 2. The van der Waals surface area contributed by atoms with Gasteiger partial charge in [-0.2, -0.15) is 0 Å². The van der Waals surface area contributed by atoms with Crippen LogP contribution in [0.2, 0.25) is 0 Å². The highest BCUT2D eigenvalue weighted by Crippen LogP contribution is 2.26. The number of anilines is 2. The second kappa shape index (κ2) is 5.29. The largest absolute Gasteiger partial charge is 0.384 e. The average molecular weight is 331 g/mol. The standard InChI is InChI=1S/C16H15BrN2O/c1-10-2-3-12(17)9-14(10)16(20)19-13-4-5-15-11(8-13)6-7-18-15/h2-5,8-9,18H,6-7H2,1H3,(H,19,20). The Hall–Kier alpha value is -1.81. The van der Waals surface area contributed by atoms with E-state index in [9.17, 15) is 4.79 Å². The smallest absolute Gasteiger partial charge is 0.255 e. The predicted molar refractivity (Wildman–Crippen MR) is 85.5 cm³/mol. The lowest BCUT2D eigenvalue weighted by Gasteiger charge is -2.09. The van der Waals surface area contributed by atoms with E-state index in [1.807, 2.05) is 43.3 Å². The van der Waals surface area contributed by atoms with E-state index in [2.05, 4.69) is 26.6 Å². The van der Waals surface area contributed by atoms with Gasteiger partial charge in [0, 0.05) is 28.0 Å². The first-order valence-corrected chi connectivity index (χ1v) is 7.37. The number of carbonyl (C=O) groups is 1. The number of benzene rings is 2. The van der Waals surface area contributed by atoms with Crippen LogP contribution in [-0.2, 0) is 6.42 Å². The Labute approximate surface area is 126 Å². The summed E-state index contributed by atoms with van der Waals surface area (Å²) >= 11 is 3.40. The monoisotopic (exact) mass is 330 g/mol. The van der Waals surface area contributed by atoms with Gasteiger partial charge in [0.25, 0.3) is 5.91 Å². The van der Waals surface area contributed by atoms with Crippen LogP contribution in [0.1, 0.15) is 21.5 Å². The van der Waals surface area contributed by atoms with Crippen molar-refractivity contribution in [2.75, 3.05) is 17.2 Å². The number of hydrogen-bond acceptors (Lipinski definition) is 2. The number of halogens is 1. The van der Waals surface area contributed by atoms with Crippen molar-refractivity contribution in [2.45, 2.75) is 13.3 Å². The van der Waals surface area contributed by atoms with Gasteiger partial charge in [-0.3, -0.25) is 4.79 Å². The van der Waals surface area contributed by atoms with E-state index < -0.39 is 0 Å². The maximum absolute atomic E-state index is 12.3. The zero-order valence-corrected chi connectivity index (χ0v) is 12.8. The third-order valence-corrected chi connectivity index (χ3v) is 4.01. The molecule has 0 spiro atoms. The van der Waals surface area contributed by atoms with Crippen LogP contribution in [0.4, 0.5) is 11.4 Å². The molecular weight excluding hydrogens is 316 g/mol. The second-order valence-electron chi connectivity index (χ2n) is 4.96. The lowest BCUT2D eigenvalue weighted by atomic mass is 10.1. The van der Waals surface area contributed by atoms with Gasteiger partial charge in [0.05, 0.1) is 0 Å². The maximum atomic E-state index is 12.3. The Morgan fingerprint density at radius 3 is 2.95 bits per heavy atom. The highest BCUT2D eigenvalue weighted by atomic mass is 79.9. The Kier molecular flexibility index (Phi) is 3.49. The molecule has 0 saturated heterocycles. The van der Waals surface area contributed by atoms with Gasteiger partial charge in [-0.25, -0.2) is 0 Å². The molecule has 0 aromatic heterocycles. The molecule has 0 fully saturated rings. The molecule has 0 unspecified atom stereocenters. The topological polar surface area (TPSA) is 41.1 Å². The fraction of sp³-hybridized carbons (Fsp3) is 0.188. The van der Waals surface area contributed by atoms with Crippen molar-refractivity contribution in [3.63, 3.8) is 0 Å². The van der Waals surface area contributed by atoms with Crippen LogP contribution in [-0.4, -0.2) is 12.5 Å². The molecule has 2 N–H and O–H groups in total. The minimum absolute atomic E-state index is 0.0743. The highest BCUT2D eigenvalue weighted by molar-refractivity contribution is 9.10. The van der Waals surface area contributed by atoms with Crippen molar-refractivity contribution in [1.82, 2.24) is 0 Å². The van der Waals surface area contributed by atoms with Gasteiger partial charge in [-0.1, -0.05) is 22.0 Å². The summed E-state index contributed by atoms with van der Waals surface area (Å²) in [4.78, 5) is 12.3. The number of hydrogen-bond donors (Lipinski definition) is 2. The molecule has 3 nitrogen and oxygen atoms in total. The molecular formula is C16H15BrN2O. The van der Waals surface area contributed by atoms with E-state index in [0.29, 0.717) is 5.56 Å². The highest BCUT2D eigenvalue weighted by Gasteiger charge is 2.13. The van der Waals surface area contributed by atoms with Gasteiger partial charge >= 0.3 is 0 Å². The summed E-state index contributed by atoms with van der Waals surface area (Å²) in [5.41, 5.74) is 4.93. The van der Waals surface area contributed by atoms with Crippen LogP contribution in [0.15, 0.2) is 40.9 Å². The molecule has 102 valence electrons. The Bertz CT molecular complexity index is 682. The van der Waals surface area contributed by atoms with Gasteiger partial charge in [-0.05, 0) is 54.8 Å². The molecule has 1 aliphatic rings. The first-order valence-electron chi connectivity index (χ1n) is 6.58. The average Bonchev–Trinajstić information content (AvgIpc) is 2.89. The lowest BCUT2D eigenvalue weighted by molar-refractivity contribution is 0.102. The van der Waals surface area contributed by atoms with Gasteiger partial charge in [0.2, 0.25) is 0 Å². The van der Waals surface area contributed by atoms with Crippen molar-refractivity contribution in [3.8, 4) is 0 Å². The molecule has 1 heterocycles. The lowest BCUT2D eigenvalue weighted by Crippen LogP contribution is -2.13. The van der Waals surface area contributed by atoms with E-state index in [1.54, 1.807) is 0 Å². The third kappa shape index (κ3) is 2.56. The van der Waals surface area contributed by atoms with Gasteiger partial charge in [0.1, 0.15) is 0 Å². The molecule has 0 bridgehead atoms. The fourth-order valence-corrected chi connectivity index (χ4v) is 2.78. The maximum Gasteiger partial charge on any atom is 0.255 e. The minimum Gasteiger partial charge on any atom is -0.384 e. The summed E-state index contributed by atoms with van der Waals surface area (Å²) in [7, 11) is 0. The predicted octanol–water partition coefficient (Wildman–Crippen LogP) is 3.98. The molecule has 1 aliphatic heterocycles. The third-order valence-electron chi connectivity index (χ3n) is 3.52. The Morgan fingerprint density at radius 2 is 2.10 bits per heavy atom. The molecule has 2 aromatic rings. The van der Waals surface area contributed by atoms with E-state index in [4.69, 9.17) is 0 Å². The minimum atomic E-state index is -0.0743. The van der Waals surface area contributed by atoms with Crippen molar-refractivity contribution >= 4 is 33.2 Å². The van der Waals surface area contributed by atoms with E-state index in [1.165, 1.54) is 11.3 Å². The van der Waals surface area contributed by atoms with Crippen molar-refractivity contribution in [3.05, 3.63) is 57.6 Å². The SMILES string of the molecule is Cc1ccc(Br)cc1C(=O)Nc1ccc2c(c1)CCN2. The zero-order valence-electron chi connectivity index (χ0n) is 11.2. The van der Waals surface area contributed by atoms with E-state index in [-0.39, 0.29) is 5.91 Å². The molecule has 4 heteroatoms. The van der Waals surface area contributed by atoms with Gasteiger partial charge < -0.3 is 10.6 Å². The molecule has 1 amide bonds. The number of fused-ring (bicyclic) bond motifs is 1. The van der Waals surface area contributed by atoms with E-state index in [0.717, 1.165) is 28.7 Å². The van der Waals surface area contributed by atoms with Crippen LogP contribution in [0.3, 0.4) is 0 Å². The van der Waals surface area contributed by atoms with Gasteiger partial charge in [-0.15, -0.1) is 0 Å². The summed E-state index contributed by atoms with van der Waals surface area (Å²) in [6.45, 7) is 2.91. The van der Waals surface area contributed by atoms with Crippen LogP contribution in [0.25, 0.3) is 0 Å². The quantitative estimate of drug-likeness (QED) is 0.874. The summed E-state index contributed by atoms with van der Waals surface area (Å²) < 4.78 is 0.909. The first-order chi connectivity index (χ1) is 9.63. The molecule has 2 aromatic carbocycles. The molecule has 0 radical (unpaired) electrons. The van der Waals surface area contributed by atoms with Crippen molar-refractivity contribution in [1.29, 1.82) is 0 Å². The van der Waals surface area contributed by atoms with Crippen LogP contribution >= 0.6 is 15.9 Å². The zero-order chi connectivity index (χ0) is 14.1. The summed E-state index contributed by atoms with van der Waals surface area (Å²) in [5, 5.41) is 6.28. The number of aryl methyl sites for hydroxylation is 1. The summed E-state index contributed by atoms with van der Waals surface area (Å²) in [5.74, 6) is -0.0743. The van der Waals surface area contributed by atoms with Crippen LogP contribution < -0.4 is 10.6 Å². The molecule has 0 atom stereocenters. The van der Waals surface area contributed by atoms with Crippen molar-refractivity contribution < 1.29 is 4.79 Å². The second-order valence-corrected chi connectivity index (χ2v) is 5.88.